The minimum absolute atomic E-state index is 0.0715. The summed E-state index contributed by atoms with van der Waals surface area (Å²) in [5, 5.41) is 5.35. The van der Waals surface area contributed by atoms with E-state index < -0.39 is 21.7 Å². The van der Waals surface area contributed by atoms with Crippen molar-refractivity contribution in [1.82, 2.24) is 9.88 Å². The number of morpholine rings is 1. The third kappa shape index (κ3) is 4.96. The second kappa shape index (κ2) is 8.90. The number of carbonyl (C=O) groups excluding carboxylic acids is 1. The van der Waals surface area contributed by atoms with Crippen molar-refractivity contribution in [2.24, 2.45) is 5.14 Å². The van der Waals surface area contributed by atoms with Crippen molar-refractivity contribution >= 4 is 27.3 Å². The zero-order valence-electron chi connectivity index (χ0n) is 17.8. The van der Waals surface area contributed by atoms with Gasteiger partial charge in [-0.25, -0.2) is 27.3 Å². The van der Waals surface area contributed by atoms with Gasteiger partial charge in [0.25, 0.3) is 5.91 Å². The lowest BCUT2D eigenvalue weighted by molar-refractivity contribution is -0.0586. The number of nitrogens with two attached hydrogens (primary N) is 1. The molecule has 1 fully saturated rings. The highest BCUT2D eigenvalue weighted by Crippen LogP contribution is 2.38. The maximum atomic E-state index is 14.0. The molecule has 1 saturated heterocycles. The van der Waals surface area contributed by atoms with Crippen LogP contribution in [0.2, 0.25) is 0 Å². The van der Waals surface area contributed by atoms with Crippen molar-refractivity contribution in [3.8, 4) is 21.7 Å². The molecule has 2 atom stereocenters. The summed E-state index contributed by atoms with van der Waals surface area (Å²) in [4.78, 5) is 19.8. The topological polar surface area (TPSA) is 103 Å². The predicted octanol–water partition coefficient (Wildman–Crippen LogP) is 3.65. The molecule has 1 amide bonds. The molecule has 0 spiro atoms. The van der Waals surface area contributed by atoms with Gasteiger partial charge < -0.3 is 9.64 Å². The largest absolute Gasteiger partial charge is 0.372 e. The predicted molar refractivity (Wildman–Crippen MR) is 120 cm³/mol. The summed E-state index contributed by atoms with van der Waals surface area (Å²) in [6.45, 7) is 4.56. The number of amides is 1. The molecule has 0 aliphatic carbocycles. The van der Waals surface area contributed by atoms with Gasteiger partial charge in [-0.1, -0.05) is 12.1 Å². The van der Waals surface area contributed by atoms with Gasteiger partial charge in [-0.05, 0) is 49.7 Å². The molecule has 4 rings (SSSR count). The van der Waals surface area contributed by atoms with Gasteiger partial charge in [0, 0.05) is 18.7 Å². The van der Waals surface area contributed by atoms with Crippen LogP contribution in [0.15, 0.2) is 47.4 Å². The molecule has 11 heteroatoms. The molecule has 1 aliphatic rings. The molecule has 0 unspecified atom stereocenters. The number of nitrogens with zero attached hydrogens (tertiary/aromatic N) is 2. The number of hydrogen-bond acceptors (Lipinski definition) is 6. The van der Waals surface area contributed by atoms with Crippen LogP contribution >= 0.6 is 11.3 Å². The van der Waals surface area contributed by atoms with E-state index in [4.69, 9.17) is 9.88 Å². The minimum Gasteiger partial charge on any atom is -0.372 e. The smallest absolute Gasteiger partial charge is 0.283 e. The molecule has 1 aromatic heterocycles. The Labute approximate surface area is 193 Å². The SMILES string of the molecule is C[C@@H]1CN(C(=O)c2nc(-c3ccc(F)c(F)c3)c(-c3ccc(S(N)(=O)=O)cc3)s2)C[C@H](C)O1. The van der Waals surface area contributed by atoms with Gasteiger partial charge in [0.15, 0.2) is 16.6 Å². The fourth-order valence-corrected chi connectivity index (χ4v) is 5.30. The van der Waals surface area contributed by atoms with Crippen LogP contribution in [0.25, 0.3) is 21.7 Å². The van der Waals surface area contributed by atoms with Crippen LogP contribution in [0.3, 0.4) is 0 Å². The highest BCUT2D eigenvalue weighted by molar-refractivity contribution is 7.89. The molecule has 0 saturated carbocycles. The molecular weight excluding hydrogens is 472 g/mol. The molecule has 2 aromatic carbocycles. The Kier molecular flexibility index (Phi) is 6.32. The monoisotopic (exact) mass is 493 g/mol. The number of hydrogen-bond donors (Lipinski definition) is 1. The zero-order chi connectivity index (χ0) is 23.9. The summed E-state index contributed by atoms with van der Waals surface area (Å²) in [7, 11) is -3.88. The van der Waals surface area contributed by atoms with E-state index in [1.54, 1.807) is 4.90 Å². The number of carbonyl (C=O) groups is 1. The van der Waals surface area contributed by atoms with Gasteiger partial charge in [0.2, 0.25) is 10.0 Å². The van der Waals surface area contributed by atoms with Crippen molar-refractivity contribution in [2.75, 3.05) is 13.1 Å². The Morgan fingerprint density at radius 2 is 1.67 bits per heavy atom. The molecule has 7 nitrogen and oxygen atoms in total. The molecule has 33 heavy (non-hydrogen) atoms. The lowest BCUT2D eigenvalue weighted by atomic mass is 10.1. The van der Waals surface area contributed by atoms with Crippen LogP contribution in [0.1, 0.15) is 23.6 Å². The fourth-order valence-electron chi connectivity index (χ4n) is 3.72. The molecule has 0 bridgehead atoms. The summed E-state index contributed by atoms with van der Waals surface area (Å²) < 4.78 is 56.3. The lowest BCUT2D eigenvalue weighted by Gasteiger charge is -2.34. The summed E-state index contributed by atoms with van der Waals surface area (Å²) in [6, 6.07) is 9.12. The summed E-state index contributed by atoms with van der Waals surface area (Å²) in [5.41, 5.74) is 1.14. The van der Waals surface area contributed by atoms with Crippen molar-refractivity contribution < 1.29 is 26.7 Å². The Morgan fingerprint density at radius 3 is 2.24 bits per heavy atom. The normalized spacial score (nSPS) is 19.0. The third-order valence-electron chi connectivity index (χ3n) is 5.16. The standard InChI is InChI=1S/C22H21F2N3O4S2/c1-12-10-27(11-13(2)31-12)22(28)21-26-19(15-5-8-17(23)18(24)9-15)20(32-21)14-3-6-16(7-4-14)33(25,29)30/h3-9,12-13H,10-11H2,1-2H3,(H2,25,29,30)/t12-,13+. The fraction of sp³-hybridized carbons (Fsp3) is 0.273. The Hall–Kier alpha value is -2.73. The van der Waals surface area contributed by atoms with E-state index >= 15 is 0 Å². The molecule has 1 aliphatic heterocycles. The summed E-state index contributed by atoms with van der Waals surface area (Å²) in [6.07, 6.45) is -0.262. The number of sulfonamides is 1. The van der Waals surface area contributed by atoms with Crippen LogP contribution in [0.4, 0.5) is 8.78 Å². The van der Waals surface area contributed by atoms with E-state index in [1.807, 2.05) is 13.8 Å². The maximum Gasteiger partial charge on any atom is 0.283 e. The highest BCUT2D eigenvalue weighted by Gasteiger charge is 2.30. The van der Waals surface area contributed by atoms with E-state index in [2.05, 4.69) is 4.98 Å². The lowest BCUT2D eigenvalue weighted by Crippen LogP contribution is -2.48. The molecule has 3 aromatic rings. The second-order valence-corrected chi connectivity index (χ2v) is 10.4. The number of thiazole rings is 1. The van der Waals surface area contributed by atoms with Gasteiger partial charge >= 0.3 is 0 Å². The van der Waals surface area contributed by atoms with E-state index in [1.165, 1.54) is 30.3 Å². The van der Waals surface area contributed by atoms with Crippen LogP contribution < -0.4 is 5.14 Å². The van der Waals surface area contributed by atoms with Crippen molar-refractivity contribution in [3.63, 3.8) is 0 Å². The van der Waals surface area contributed by atoms with Crippen molar-refractivity contribution in [3.05, 3.63) is 59.1 Å². The van der Waals surface area contributed by atoms with E-state index in [0.717, 1.165) is 23.5 Å². The Bertz CT molecular complexity index is 1300. The number of aromatic nitrogens is 1. The number of rotatable bonds is 4. The van der Waals surface area contributed by atoms with E-state index in [0.29, 0.717) is 34.8 Å². The quantitative estimate of drug-likeness (QED) is 0.598. The zero-order valence-corrected chi connectivity index (χ0v) is 19.4. The second-order valence-electron chi connectivity index (χ2n) is 7.86. The number of benzene rings is 2. The van der Waals surface area contributed by atoms with Crippen LogP contribution in [-0.2, 0) is 14.8 Å². The van der Waals surface area contributed by atoms with E-state index in [-0.39, 0.29) is 28.0 Å². The molecule has 2 heterocycles. The highest BCUT2D eigenvalue weighted by atomic mass is 32.2. The summed E-state index contributed by atoms with van der Waals surface area (Å²) >= 11 is 1.10. The van der Waals surface area contributed by atoms with E-state index in [9.17, 15) is 22.0 Å². The first-order chi connectivity index (χ1) is 15.5. The third-order valence-corrected chi connectivity index (χ3v) is 7.18. The molecular formula is C22H21F2N3O4S2. The van der Waals surface area contributed by atoms with Gasteiger partial charge in [-0.3, -0.25) is 4.79 Å². The number of primary sulfonamides is 1. The average Bonchev–Trinajstić information content (AvgIpc) is 3.19. The van der Waals surface area contributed by atoms with Gasteiger partial charge in [0.1, 0.15) is 0 Å². The first-order valence-corrected chi connectivity index (χ1v) is 12.4. The first-order valence-electron chi connectivity index (χ1n) is 10.1. The van der Waals surface area contributed by atoms with Crippen LogP contribution in [-0.4, -0.2) is 49.5 Å². The van der Waals surface area contributed by atoms with Gasteiger partial charge in [0.05, 0.1) is 27.7 Å². The minimum atomic E-state index is -3.88. The first kappa shape index (κ1) is 23.4. The van der Waals surface area contributed by atoms with Gasteiger partial charge in [-0.2, -0.15) is 0 Å². The molecule has 174 valence electrons. The number of ether oxygens (including phenoxy) is 1. The van der Waals surface area contributed by atoms with Crippen LogP contribution in [0, 0.1) is 11.6 Å². The molecule has 2 N–H and O–H groups in total. The van der Waals surface area contributed by atoms with Crippen LogP contribution in [0.5, 0.6) is 0 Å². The van der Waals surface area contributed by atoms with Crippen molar-refractivity contribution in [2.45, 2.75) is 31.0 Å². The number of halogens is 2. The average molecular weight is 494 g/mol. The maximum absolute atomic E-state index is 14.0. The Balaban J connectivity index is 1.79. The van der Waals surface area contributed by atoms with Crippen molar-refractivity contribution in [1.29, 1.82) is 0 Å². The van der Waals surface area contributed by atoms with Gasteiger partial charge in [-0.15, -0.1) is 11.3 Å². The molecule has 0 radical (unpaired) electrons. The Morgan fingerprint density at radius 1 is 1.06 bits per heavy atom. The summed E-state index contributed by atoms with van der Waals surface area (Å²) in [5.74, 6) is -2.33.